The lowest BCUT2D eigenvalue weighted by molar-refractivity contribution is -0.140. The summed E-state index contributed by atoms with van der Waals surface area (Å²) < 4.78 is 0. The summed E-state index contributed by atoms with van der Waals surface area (Å²) in [4.78, 5) is 26.2. The fourth-order valence-corrected chi connectivity index (χ4v) is 5.08. The fourth-order valence-electron chi connectivity index (χ4n) is 5.08. The summed E-state index contributed by atoms with van der Waals surface area (Å²) in [5.74, 6) is 0.904. The first-order valence-electron chi connectivity index (χ1n) is 9.40. The van der Waals surface area contributed by atoms with Crippen molar-refractivity contribution in [3.63, 3.8) is 0 Å². The van der Waals surface area contributed by atoms with Gasteiger partial charge in [0.05, 0.1) is 6.04 Å². The van der Waals surface area contributed by atoms with Gasteiger partial charge in [-0.3, -0.25) is 14.5 Å². The van der Waals surface area contributed by atoms with Crippen molar-refractivity contribution in [3.05, 3.63) is 47.0 Å². The van der Waals surface area contributed by atoms with Crippen LogP contribution < -0.4 is 0 Å². The van der Waals surface area contributed by atoms with E-state index in [1.807, 2.05) is 0 Å². The van der Waals surface area contributed by atoms with Gasteiger partial charge < -0.3 is 0 Å². The van der Waals surface area contributed by atoms with Gasteiger partial charge in [-0.2, -0.15) is 0 Å². The molecular weight excluding hydrogens is 310 g/mol. The zero-order valence-electron chi connectivity index (χ0n) is 16.2. The van der Waals surface area contributed by atoms with Crippen molar-refractivity contribution in [2.24, 2.45) is 11.8 Å². The Morgan fingerprint density at radius 1 is 0.960 bits per heavy atom. The van der Waals surface area contributed by atoms with E-state index in [0.717, 1.165) is 6.42 Å². The molecule has 0 radical (unpaired) electrons. The molecule has 3 heteroatoms. The van der Waals surface area contributed by atoms with Gasteiger partial charge in [-0.15, -0.1) is 0 Å². The van der Waals surface area contributed by atoms with Crippen molar-refractivity contribution in [2.75, 3.05) is 0 Å². The molecule has 1 aliphatic carbocycles. The maximum atomic E-state index is 12.4. The van der Waals surface area contributed by atoms with E-state index in [9.17, 15) is 9.59 Å². The maximum absolute atomic E-state index is 12.4. The van der Waals surface area contributed by atoms with Crippen molar-refractivity contribution in [1.29, 1.82) is 0 Å². The second-order valence-corrected chi connectivity index (χ2v) is 8.42. The zero-order valence-corrected chi connectivity index (χ0v) is 16.2. The van der Waals surface area contributed by atoms with E-state index in [2.05, 4.69) is 59.7 Å². The lowest BCUT2D eigenvalue weighted by atomic mass is 9.63. The number of hydrogen-bond donors (Lipinski definition) is 0. The molecule has 0 spiro atoms. The van der Waals surface area contributed by atoms with Crippen molar-refractivity contribution < 1.29 is 9.59 Å². The van der Waals surface area contributed by atoms with Gasteiger partial charge in [0.15, 0.2) is 0 Å². The second kappa shape index (κ2) is 6.12. The molecule has 1 heterocycles. The molecule has 0 aromatic heterocycles. The van der Waals surface area contributed by atoms with Gasteiger partial charge >= 0.3 is 0 Å². The number of carbonyl (C=O) groups is 2. The monoisotopic (exact) mass is 339 g/mol. The van der Waals surface area contributed by atoms with Gasteiger partial charge in [0, 0.05) is 17.6 Å². The lowest BCUT2D eigenvalue weighted by Gasteiger charge is -2.41. The number of fused-ring (bicyclic) bond motifs is 1. The van der Waals surface area contributed by atoms with Crippen molar-refractivity contribution in [2.45, 2.75) is 65.3 Å². The first kappa shape index (κ1) is 17.9. The number of rotatable bonds is 4. The molecular formula is C22H29NO2. The molecule has 1 aromatic rings. The topological polar surface area (TPSA) is 37.4 Å². The van der Waals surface area contributed by atoms with E-state index in [1.165, 1.54) is 33.7 Å². The summed E-state index contributed by atoms with van der Waals surface area (Å²) >= 11 is 0. The third kappa shape index (κ3) is 2.47. The Morgan fingerprint density at radius 3 is 2.00 bits per heavy atom. The molecule has 3 rings (SSSR count). The van der Waals surface area contributed by atoms with E-state index < -0.39 is 0 Å². The van der Waals surface area contributed by atoms with Gasteiger partial charge in [-0.05, 0) is 40.9 Å². The highest BCUT2D eigenvalue weighted by atomic mass is 16.2. The first-order chi connectivity index (χ1) is 11.7. The number of hydrogen-bond acceptors (Lipinski definition) is 2. The van der Waals surface area contributed by atoms with Crippen LogP contribution >= 0.6 is 0 Å². The van der Waals surface area contributed by atoms with E-state index >= 15 is 0 Å². The van der Waals surface area contributed by atoms with Crippen LogP contribution in [-0.4, -0.2) is 16.7 Å². The third-order valence-corrected chi connectivity index (χ3v) is 6.32. The van der Waals surface area contributed by atoms with Crippen LogP contribution in [0.25, 0.3) is 0 Å². The number of nitrogens with zero attached hydrogens (tertiary/aromatic N) is 1. The van der Waals surface area contributed by atoms with Crippen LogP contribution in [0.3, 0.4) is 0 Å². The lowest BCUT2D eigenvalue weighted by Crippen LogP contribution is -2.39. The minimum atomic E-state index is -0.181. The highest BCUT2D eigenvalue weighted by Crippen LogP contribution is 2.57. The van der Waals surface area contributed by atoms with Gasteiger partial charge in [0.2, 0.25) is 0 Å². The molecule has 1 atom stereocenters. The molecule has 0 saturated carbocycles. The number of amides is 2. The smallest absolute Gasteiger partial charge is 0.254 e. The van der Waals surface area contributed by atoms with E-state index in [4.69, 9.17) is 0 Å². The molecule has 134 valence electrons. The van der Waals surface area contributed by atoms with Crippen molar-refractivity contribution in [3.8, 4) is 0 Å². The molecule has 0 saturated heterocycles. The number of carbonyl (C=O) groups excluding carboxylic acids is 2. The van der Waals surface area contributed by atoms with Crippen LogP contribution in [0.2, 0.25) is 0 Å². The summed E-state index contributed by atoms with van der Waals surface area (Å²) in [5, 5.41) is 0. The Morgan fingerprint density at radius 2 is 1.52 bits per heavy atom. The summed E-state index contributed by atoms with van der Waals surface area (Å²) in [6, 6.07) is 6.26. The Labute approximate surface area is 151 Å². The predicted molar refractivity (Wildman–Crippen MR) is 100 cm³/mol. The molecule has 2 amide bonds. The van der Waals surface area contributed by atoms with Crippen molar-refractivity contribution in [1.82, 2.24) is 4.90 Å². The number of imide groups is 1. The van der Waals surface area contributed by atoms with E-state index in [1.54, 1.807) is 0 Å². The Kier molecular flexibility index (Phi) is 4.38. The Bertz CT molecular complexity index is 716. The first-order valence-corrected chi connectivity index (χ1v) is 9.40. The Hall–Kier alpha value is -1.90. The van der Waals surface area contributed by atoms with E-state index in [0.29, 0.717) is 17.8 Å². The normalized spacial score (nSPS) is 22.0. The van der Waals surface area contributed by atoms with Crippen LogP contribution in [0.4, 0.5) is 0 Å². The summed E-state index contributed by atoms with van der Waals surface area (Å²) in [7, 11) is 0. The standard InChI is InChI=1S/C22H29NO2/c1-13(2)16-8-7-9-17-18(23-19(24)10-11-20(23)25)12-22(14(3)4,15(5)6)21(16)17/h7-11,13-15,18H,12H2,1-6H3/t18-/m0/s1. The molecule has 0 bridgehead atoms. The van der Waals surface area contributed by atoms with Gasteiger partial charge in [-0.25, -0.2) is 0 Å². The second-order valence-electron chi connectivity index (χ2n) is 8.42. The molecule has 1 aromatic carbocycles. The zero-order chi connectivity index (χ0) is 18.5. The van der Waals surface area contributed by atoms with Crippen LogP contribution in [-0.2, 0) is 15.0 Å². The molecule has 25 heavy (non-hydrogen) atoms. The van der Waals surface area contributed by atoms with Gasteiger partial charge in [0.25, 0.3) is 11.8 Å². The van der Waals surface area contributed by atoms with Crippen LogP contribution in [0.1, 0.15) is 76.6 Å². The van der Waals surface area contributed by atoms with Crippen molar-refractivity contribution >= 4 is 11.8 Å². The highest BCUT2D eigenvalue weighted by Gasteiger charge is 2.52. The molecule has 0 fully saturated rings. The van der Waals surface area contributed by atoms with Crippen LogP contribution in [0.5, 0.6) is 0 Å². The van der Waals surface area contributed by atoms with Gasteiger partial charge in [-0.1, -0.05) is 59.7 Å². The molecule has 3 nitrogen and oxygen atoms in total. The molecule has 2 aliphatic rings. The molecule has 1 aliphatic heterocycles. The maximum Gasteiger partial charge on any atom is 0.254 e. The van der Waals surface area contributed by atoms with Crippen LogP contribution in [0, 0.1) is 11.8 Å². The summed E-state index contributed by atoms with van der Waals surface area (Å²) in [6.07, 6.45) is 3.62. The van der Waals surface area contributed by atoms with Crippen LogP contribution in [0.15, 0.2) is 30.4 Å². The molecule has 0 N–H and O–H groups in total. The highest BCUT2D eigenvalue weighted by molar-refractivity contribution is 6.13. The third-order valence-electron chi connectivity index (χ3n) is 6.32. The minimum Gasteiger partial charge on any atom is -0.269 e. The average molecular weight is 339 g/mol. The Balaban J connectivity index is 2.25. The van der Waals surface area contributed by atoms with E-state index in [-0.39, 0.29) is 23.3 Å². The van der Waals surface area contributed by atoms with Gasteiger partial charge in [0.1, 0.15) is 0 Å². The number of benzene rings is 1. The SMILES string of the molecule is CC(C)c1cccc2c1C(C(C)C)(C(C)C)C[C@@H]2N1C(=O)C=CC1=O. The summed E-state index contributed by atoms with van der Waals surface area (Å²) in [6.45, 7) is 13.5. The predicted octanol–water partition coefficient (Wildman–Crippen LogP) is 4.73. The quantitative estimate of drug-likeness (QED) is 0.744. The minimum absolute atomic E-state index is 0.0238. The fraction of sp³-hybridized carbons (Fsp3) is 0.545. The average Bonchev–Trinajstić information content (AvgIpc) is 3.05. The summed E-state index contributed by atoms with van der Waals surface area (Å²) in [5.41, 5.74) is 3.88. The molecule has 0 unspecified atom stereocenters. The largest absolute Gasteiger partial charge is 0.269 e.